The highest BCUT2D eigenvalue weighted by molar-refractivity contribution is 5.35. The van der Waals surface area contributed by atoms with Gasteiger partial charge in [0.25, 0.3) is 0 Å². The highest BCUT2D eigenvalue weighted by atomic mass is 16.3. The Bertz CT molecular complexity index is 331. The van der Waals surface area contributed by atoms with Gasteiger partial charge in [-0.05, 0) is 31.5 Å². The molecule has 0 bridgehead atoms. The maximum absolute atomic E-state index is 8.87. The molecule has 4 heteroatoms. The van der Waals surface area contributed by atoms with E-state index in [-0.39, 0.29) is 6.61 Å². The Hall–Kier alpha value is -1.13. The van der Waals surface area contributed by atoms with Gasteiger partial charge in [-0.3, -0.25) is 4.90 Å². The quantitative estimate of drug-likeness (QED) is 0.705. The van der Waals surface area contributed by atoms with Crippen molar-refractivity contribution in [2.24, 2.45) is 0 Å². The predicted molar refractivity (Wildman–Crippen MR) is 75.7 cm³/mol. The number of rotatable bonds is 9. The first-order chi connectivity index (χ1) is 8.80. The fourth-order valence-corrected chi connectivity index (χ4v) is 1.79. The number of nitrogens with one attached hydrogen (secondary N) is 1. The highest BCUT2D eigenvalue weighted by Crippen LogP contribution is 2.08. The molecule has 0 saturated heterocycles. The zero-order chi connectivity index (χ0) is 13.2. The van der Waals surface area contributed by atoms with Gasteiger partial charge in [0.1, 0.15) is 5.82 Å². The lowest BCUT2D eigenvalue weighted by Crippen LogP contribution is -2.25. The van der Waals surface area contributed by atoms with Crippen molar-refractivity contribution in [3.8, 4) is 0 Å². The van der Waals surface area contributed by atoms with E-state index in [9.17, 15) is 0 Å². The van der Waals surface area contributed by atoms with Crippen LogP contribution in [0.2, 0.25) is 0 Å². The van der Waals surface area contributed by atoms with E-state index in [1.165, 1.54) is 0 Å². The van der Waals surface area contributed by atoms with Gasteiger partial charge < -0.3 is 10.4 Å². The number of nitrogens with zero attached hydrogens (tertiary/aromatic N) is 2. The molecule has 0 spiro atoms. The van der Waals surface area contributed by atoms with Gasteiger partial charge in [-0.1, -0.05) is 19.9 Å². The standard InChI is InChI=1S/C14H25N3O/c1-3-9-15-14-8-5-7-13(16-14)12-17(4-2)10-6-11-18/h5,7-8,18H,3-4,6,9-12H2,1-2H3,(H,15,16). The fraction of sp³-hybridized carbons (Fsp3) is 0.643. The van der Waals surface area contributed by atoms with Crippen molar-refractivity contribution in [2.75, 3.05) is 31.6 Å². The summed E-state index contributed by atoms with van der Waals surface area (Å²) in [6, 6.07) is 6.10. The minimum atomic E-state index is 0.252. The minimum Gasteiger partial charge on any atom is -0.396 e. The van der Waals surface area contributed by atoms with Crippen LogP contribution in [0.25, 0.3) is 0 Å². The second-order valence-electron chi connectivity index (χ2n) is 4.39. The van der Waals surface area contributed by atoms with Crippen molar-refractivity contribution in [3.63, 3.8) is 0 Å². The fourth-order valence-electron chi connectivity index (χ4n) is 1.79. The third-order valence-corrected chi connectivity index (χ3v) is 2.83. The summed E-state index contributed by atoms with van der Waals surface area (Å²) in [4.78, 5) is 6.88. The molecule has 2 N–H and O–H groups in total. The van der Waals surface area contributed by atoms with Crippen molar-refractivity contribution in [3.05, 3.63) is 23.9 Å². The van der Waals surface area contributed by atoms with E-state index in [1.807, 2.05) is 12.1 Å². The molecule has 102 valence electrons. The summed E-state index contributed by atoms with van der Waals surface area (Å²) in [5, 5.41) is 12.2. The van der Waals surface area contributed by atoms with E-state index in [2.05, 4.69) is 35.1 Å². The third-order valence-electron chi connectivity index (χ3n) is 2.83. The number of hydrogen-bond acceptors (Lipinski definition) is 4. The number of aromatic nitrogens is 1. The molecule has 0 aromatic carbocycles. The van der Waals surface area contributed by atoms with E-state index in [0.717, 1.165) is 50.5 Å². The second kappa shape index (κ2) is 8.89. The van der Waals surface area contributed by atoms with Gasteiger partial charge in [-0.2, -0.15) is 0 Å². The summed E-state index contributed by atoms with van der Waals surface area (Å²) in [5.74, 6) is 0.951. The van der Waals surface area contributed by atoms with Crippen molar-refractivity contribution in [1.82, 2.24) is 9.88 Å². The van der Waals surface area contributed by atoms with Crippen molar-refractivity contribution in [1.29, 1.82) is 0 Å². The summed E-state index contributed by atoms with van der Waals surface area (Å²) >= 11 is 0. The Morgan fingerprint density at radius 3 is 2.83 bits per heavy atom. The average Bonchev–Trinajstić information content (AvgIpc) is 2.41. The lowest BCUT2D eigenvalue weighted by molar-refractivity contribution is 0.224. The van der Waals surface area contributed by atoms with Crippen molar-refractivity contribution < 1.29 is 5.11 Å². The highest BCUT2D eigenvalue weighted by Gasteiger charge is 2.04. The maximum Gasteiger partial charge on any atom is 0.126 e. The molecule has 1 heterocycles. The van der Waals surface area contributed by atoms with E-state index in [0.29, 0.717) is 0 Å². The molecule has 0 unspecified atom stereocenters. The van der Waals surface area contributed by atoms with Crippen LogP contribution >= 0.6 is 0 Å². The van der Waals surface area contributed by atoms with E-state index >= 15 is 0 Å². The van der Waals surface area contributed by atoms with Crippen LogP contribution in [-0.2, 0) is 6.54 Å². The summed E-state index contributed by atoms with van der Waals surface area (Å²) in [6.45, 7) is 8.23. The van der Waals surface area contributed by atoms with Crippen LogP contribution in [0, 0.1) is 0 Å². The molecule has 0 aliphatic rings. The molecule has 1 aromatic heterocycles. The van der Waals surface area contributed by atoms with E-state index < -0.39 is 0 Å². The summed E-state index contributed by atoms with van der Waals surface area (Å²) in [6.07, 6.45) is 1.92. The van der Waals surface area contributed by atoms with E-state index in [4.69, 9.17) is 5.11 Å². The first-order valence-electron chi connectivity index (χ1n) is 6.83. The molecule has 1 aromatic rings. The zero-order valence-electron chi connectivity index (χ0n) is 11.5. The van der Waals surface area contributed by atoms with E-state index in [1.54, 1.807) is 0 Å². The SMILES string of the molecule is CCCNc1cccc(CN(CC)CCCO)n1. The zero-order valence-corrected chi connectivity index (χ0v) is 11.5. The second-order valence-corrected chi connectivity index (χ2v) is 4.39. The van der Waals surface area contributed by atoms with Gasteiger partial charge in [-0.15, -0.1) is 0 Å². The van der Waals surface area contributed by atoms with Crippen molar-refractivity contribution in [2.45, 2.75) is 33.2 Å². The summed E-state index contributed by atoms with van der Waals surface area (Å²) < 4.78 is 0. The number of aliphatic hydroxyl groups excluding tert-OH is 1. The molecular weight excluding hydrogens is 226 g/mol. The Kier molecular flexibility index (Phi) is 7.37. The topological polar surface area (TPSA) is 48.4 Å². The molecule has 0 aliphatic heterocycles. The third kappa shape index (κ3) is 5.47. The van der Waals surface area contributed by atoms with Gasteiger partial charge in [0, 0.05) is 26.2 Å². The molecule has 0 saturated carbocycles. The van der Waals surface area contributed by atoms with Crippen LogP contribution in [-0.4, -0.2) is 41.2 Å². The number of aliphatic hydroxyl groups is 1. The number of hydrogen-bond donors (Lipinski definition) is 2. The largest absolute Gasteiger partial charge is 0.396 e. The van der Waals surface area contributed by atoms with Crippen LogP contribution in [0.1, 0.15) is 32.4 Å². The summed E-state index contributed by atoms with van der Waals surface area (Å²) in [5.41, 5.74) is 1.08. The smallest absolute Gasteiger partial charge is 0.126 e. The normalized spacial score (nSPS) is 10.9. The molecule has 4 nitrogen and oxygen atoms in total. The first kappa shape index (κ1) is 14.9. The van der Waals surface area contributed by atoms with Gasteiger partial charge in [0.15, 0.2) is 0 Å². The number of anilines is 1. The van der Waals surface area contributed by atoms with Gasteiger partial charge in [0.2, 0.25) is 0 Å². The minimum absolute atomic E-state index is 0.252. The molecule has 0 fully saturated rings. The lowest BCUT2D eigenvalue weighted by atomic mass is 10.3. The van der Waals surface area contributed by atoms with Gasteiger partial charge in [0.05, 0.1) is 5.69 Å². The predicted octanol–water partition coefficient (Wildman–Crippen LogP) is 2.11. The molecule has 0 radical (unpaired) electrons. The Balaban J connectivity index is 2.53. The van der Waals surface area contributed by atoms with Gasteiger partial charge in [-0.25, -0.2) is 4.98 Å². The van der Waals surface area contributed by atoms with Crippen LogP contribution < -0.4 is 5.32 Å². The molecule has 0 atom stereocenters. The Labute approximate surface area is 110 Å². The van der Waals surface area contributed by atoms with Crippen LogP contribution in [0.3, 0.4) is 0 Å². The molecule has 0 aliphatic carbocycles. The van der Waals surface area contributed by atoms with Crippen LogP contribution in [0.15, 0.2) is 18.2 Å². The monoisotopic (exact) mass is 251 g/mol. The molecule has 1 rings (SSSR count). The molecule has 0 amide bonds. The Morgan fingerprint density at radius 1 is 1.33 bits per heavy atom. The average molecular weight is 251 g/mol. The summed E-state index contributed by atoms with van der Waals surface area (Å²) in [7, 11) is 0. The Morgan fingerprint density at radius 2 is 2.17 bits per heavy atom. The lowest BCUT2D eigenvalue weighted by Gasteiger charge is -2.19. The van der Waals surface area contributed by atoms with Gasteiger partial charge >= 0.3 is 0 Å². The molecular formula is C14H25N3O. The van der Waals surface area contributed by atoms with Crippen LogP contribution in [0.4, 0.5) is 5.82 Å². The van der Waals surface area contributed by atoms with Crippen LogP contribution in [0.5, 0.6) is 0 Å². The number of pyridine rings is 1. The first-order valence-corrected chi connectivity index (χ1v) is 6.83. The molecule has 18 heavy (non-hydrogen) atoms. The maximum atomic E-state index is 8.87. The van der Waals surface area contributed by atoms with Crippen molar-refractivity contribution >= 4 is 5.82 Å².